The molecule has 3 rings (SSSR count). The number of hydrogen-bond acceptors (Lipinski definition) is 3. The van der Waals surface area contributed by atoms with Crippen LogP contribution in [-0.2, 0) is 17.5 Å². The maximum absolute atomic E-state index is 12.6. The molecule has 0 unspecified atom stereocenters. The number of aromatic nitrogens is 2. The highest BCUT2D eigenvalue weighted by Crippen LogP contribution is 2.27. The van der Waals surface area contributed by atoms with E-state index in [2.05, 4.69) is 10.4 Å². The number of amides is 1. The maximum Gasteiger partial charge on any atom is 0.435 e. The van der Waals surface area contributed by atoms with Gasteiger partial charge in [-0.15, -0.1) is 11.8 Å². The Labute approximate surface area is 164 Å². The average molecular weight is 405 g/mol. The molecule has 1 heterocycles. The van der Waals surface area contributed by atoms with E-state index in [1.165, 1.54) is 10.9 Å². The number of nitrogens with zero attached hydrogens (tertiary/aromatic N) is 2. The fraction of sp³-hybridized carbons (Fsp3) is 0.200. The van der Waals surface area contributed by atoms with Crippen LogP contribution in [0.2, 0.25) is 0 Å². The second-order valence-electron chi connectivity index (χ2n) is 6.00. The molecule has 28 heavy (non-hydrogen) atoms. The minimum Gasteiger partial charge on any atom is -0.352 e. The van der Waals surface area contributed by atoms with Crippen LogP contribution in [0.25, 0.3) is 5.69 Å². The van der Waals surface area contributed by atoms with Crippen LogP contribution in [-0.4, -0.2) is 21.4 Å². The normalized spacial score (nSPS) is 11.4. The molecule has 1 aromatic heterocycles. The van der Waals surface area contributed by atoms with E-state index in [9.17, 15) is 18.0 Å². The lowest BCUT2D eigenvalue weighted by Gasteiger charge is -2.07. The van der Waals surface area contributed by atoms with Gasteiger partial charge in [0, 0.05) is 29.8 Å². The number of thioether (sulfide) groups is 1. The summed E-state index contributed by atoms with van der Waals surface area (Å²) < 4.78 is 39.0. The third-order valence-electron chi connectivity index (χ3n) is 3.91. The van der Waals surface area contributed by atoms with Crippen molar-refractivity contribution < 1.29 is 18.0 Å². The summed E-state index contributed by atoms with van der Waals surface area (Å²) in [5, 5.41) is 6.38. The summed E-state index contributed by atoms with van der Waals surface area (Å²) in [5.74, 6) is 0.643. The molecule has 0 saturated carbocycles. The lowest BCUT2D eigenvalue weighted by Crippen LogP contribution is -2.23. The molecule has 0 aliphatic carbocycles. The zero-order valence-electron chi connectivity index (χ0n) is 14.8. The Kier molecular flexibility index (Phi) is 6.41. The lowest BCUT2D eigenvalue weighted by molar-refractivity contribution is -0.141. The summed E-state index contributed by atoms with van der Waals surface area (Å²) in [6.45, 7) is 0.363. The van der Waals surface area contributed by atoms with Crippen molar-refractivity contribution in [3.8, 4) is 5.69 Å². The zero-order valence-corrected chi connectivity index (χ0v) is 15.6. The molecule has 0 fully saturated rings. The van der Waals surface area contributed by atoms with Crippen molar-refractivity contribution in [3.63, 3.8) is 0 Å². The van der Waals surface area contributed by atoms with E-state index in [1.807, 2.05) is 30.3 Å². The quantitative estimate of drug-likeness (QED) is 0.580. The van der Waals surface area contributed by atoms with Gasteiger partial charge >= 0.3 is 6.18 Å². The van der Waals surface area contributed by atoms with Gasteiger partial charge in [0.05, 0.1) is 5.69 Å². The van der Waals surface area contributed by atoms with E-state index < -0.39 is 11.9 Å². The summed E-state index contributed by atoms with van der Waals surface area (Å²) in [6, 6.07) is 17.6. The number of nitrogens with one attached hydrogen (secondary N) is 1. The molecular formula is C20H18F3N3OS. The van der Waals surface area contributed by atoms with Crippen LogP contribution in [0.15, 0.2) is 71.8 Å². The number of alkyl halides is 3. The van der Waals surface area contributed by atoms with Crippen LogP contribution in [0.5, 0.6) is 0 Å². The topological polar surface area (TPSA) is 46.9 Å². The second-order valence-corrected chi connectivity index (χ2v) is 7.17. The maximum atomic E-state index is 12.6. The molecule has 146 valence electrons. The lowest BCUT2D eigenvalue weighted by atomic mass is 10.2. The van der Waals surface area contributed by atoms with E-state index in [-0.39, 0.29) is 5.91 Å². The van der Waals surface area contributed by atoms with Gasteiger partial charge in [-0.25, -0.2) is 4.68 Å². The Bertz CT molecular complexity index is 908. The van der Waals surface area contributed by atoms with Gasteiger partial charge in [0.2, 0.25) is 5.91 Å². The molecule has 0 atom stereocenters. The highest BCUT2D eigenvalue weighted by molar-refractivity contribution is 7.99. The van der Waals surface area contributed by atoms with Gasteiger partial charge < -0.3 is 5.32 Å². The van der Waals surface area contributed by atoms with Crippen molar-refractivity contribution in [1.82, 2.24) is 15.1 Å². The van der Waals surface area contributed by atoms with Gasteiger partial charge in [-0.3, -0.25) is 4.79 Å². The van der Waals surface area contributed by atoms with E-state index in [4.69, 9.17) is 0 Å². The van der Waals surface area contributed by atoms with Crippen LogP contribution in [0.4, 0.5) is 13.2 Å². The zero-order chi connectivity index (χ0) is 20.0. The predicted octanol–water partition coefficient (Wildman–Crippen LogP) is 4.69. The monoisotopic (exact) mass is 405 g/mol. The van der Waals surface area contributed by atoms with Gasteiger partial charge in [0.15, 0.2) is 5.69 Å². The number of carbonyl (C=O) groups is 1. The summed E-state index contributed by atoms with van der Waals surface area (Å²) in [6.07, 6.45) is -2.79. The van der Waals surface area contributed by atoms with E-state index >= 15 is 0 Å². The van der Waals surface area contributed by atoms with Crippen LogP contribution >= 0.6 is 11.8 Å². The summed E-state index contributed by atoms with van der Waals surface area (Å²) in [7, 11) is 0. The molecule has 0 saturated heterocycles. The van der Waals surface area contributed by atoms with Gasteiger partial charge in [-0.1, -0.05) is 30.3 Å². The van der Waals surface area contributed by atoms with E-state index in [1.54, 1.807) is 36.0 Å². The Morgan fingerprint density at radius 3 is 2.39 bits per heavy atom. The minimum absolute atomic E-state index is 0.0468. The summed E-state index contributed by atoms with van der Waals surface area (Å²) >= 11 is 1.62. The first kappa shape index (κ1) is 20.0. The molecule has 8 heteroatoms. The van der Waals surface area contributed by atoms with Crippen LogP contribution in [0.1, 0.15) is 17.7 Å². The standard InChI is InChI=1S/C20H18F3N3OS/c21-20(22,23)18-10-12-26(25-18)16-8-6-15(7-9-16)14-24-19(27)11-13-28-17-4-2-1-3-5-17/h1-10,12H,11,13-14H2,(H,24,27). The number of carbonyl (C=O) groups excluding carboxylic acids is 1. The van der Waals surface area contributed by atoms with Gasteiger partial charge in [-0.2, -0.15) is 18.3 Å². The second kappa shape index (κ2) is 8.97. The fourth-order valence-corrected chi connectivity index (χ4v) is 3.33. The molecule has 2 aromatic carbocycles. The van der Waals surface area contributed by atoms with Crippen molar-refractivity contribution in [3.05, 3.63) is 78.1 Å². The highest BCUT2D eigenvalue weighted by Gasteiger charge is 2.33. The Hall–Kier alpha value is -2.74. The molecule has 3 aromatic rings. The van der Waals surface area contributed by atoms with E-state index in [0.29, 0.717) is 24.4 Å². The molecule has 1 N–H and O–H groups in total. The van der Waals surface area contributed by atoms with Gasteiger partial charge in [-0.05, 0) is 35.9 Å². The van der Waals surface area contributed by atoms with Crippen molar-refractivity contribution >= 4 is 17.7 Å². The Morgan fingerprint density at radius 1 is 1.04 bits per heavy atom. The van der Waals surface area contributed by atoms with Crippen molar-refractivity contribution in [2.75, 3.05) is 5.75 Å². The van der Waals surface area contributed by atoms with Crippen molar-refractivity contribution in [1.29, 1.82) is 0 Å². The number of halogens is 3. The Balaban J connectivity index is 1.46. The first-order valence-corrected chi connectivity index (χ1v) is 9.57. The molecule has 0 bridgehead atoms. The molecule has 0 aliphatic heterocycles. The predicted molar refractivity (Wildman–Crippen MR) is 102 cm³/mol. The van der Waals surface area contributed by atoms with Gasteiger partial charge in [0.1, 0.15) is 0 Å². The van der Waals surface area contributed by atoms with Crippen LogP contribution in [0, 0.1) is 0 Å². The molecule has 1 amide bonds. The molecule has 0 aliphatic rings. The third kappa shape index (κ3) is 5.63. The fourth-order valence-electron chi connectivity index (χ4n) is 2.45. The summed E-state index contributed by atoms with van der Waals surface area (Å²) in [5.41, 5.74) is 0.443. The largest absolute Gasteiger partial charge is 0.435 e. The molecule has 0 radical (unpaired) electrons. The smallest absolute Gasteiger partial charge is 0.352 e. The number of rotatable bonds is 7. The Morgan fingerprint density at radius 2 is 1.75 bits per heavy atom. The highest BCUT2D eigenvalue weighted by atomic mass is 32.2. The van der Waals surface area contributed by atoms with E-state index in [0.717, 1.165) is 16.5 Å². The van der Waals surface area contributed by atoms with Crippen molar-refractivity contribution in [2.24, 2.45) is 0 Å². The van der Waals surface area contributed by atoms with Crippen molar-refractivity contribution in [2.45, 2.75) is 24.0 Å². The molecule has 0 spiro atoms. The first-order chi connectivity index (χ1) is 13.4. The molecule has 4 nitrogen and oxygen atoms in total. The van der Waals surface area contributed by atoms with Crippen LogP contribution < -0.4 is 5.32 Å². The van der Waals surface area contributed by atoms with Crippen LogP contribution in [0.3, 0.4) is 0 Å². The first-order valence-electron chi connectivity index (χ1n) is 8.58. The number of hydrogen-bond donors (Lipinski definition) is 1. The minimum atomic E-state index is -4.46. The third-order valence-corrected chi connectivity index (χ3v) is 4.92. The SMILES string of the molecule is O=C(CCSc1ccccc1)NCc1ccc(-n2ccc(C(F)(F)F)n2)cc1. The average Bonchev–Trinajstić information content (AvgIpc) is 3.18. The number of benzene rings is 2. The molecular weight excluding hydrogens is 387 g/mol. The summed E-state index contributed by atoms with van der Waals surface area (Å²) in [4.78, 5) is 13.1. The van der Waals surface area contributed by atoms with Gasteiger partial charge in [0.25, 0.3) is 0 Å².